The molecule has 0 saturated heterocycles. The maximum atomic E-state index is 12.6. The van der Waals surface area contributed by atoms with Crippen molar-refractivity contribution < 1.29 is 4.79 Å². The largest absolute Gasteiger partial charge is 0.378 e. The van der Waals surface area contributed by atoms with Gasteiger partial charge in [0.15, 0.2) is 0 Å². The number of rotatable bonds is 7. The molecule has 2 aromatic carbocycles. The average Bonchev–Trinajstić information content (AvgIpc) is 2.65. The molecule has 0 spiro atoms. The zero-order chi connectivity index (χ0) is 19.3. The Kier molecular flexibility index (Phi) is 6.84. The second-order valence-corrected chi connectivity index (χ2v) is 7.68. The molecule has 26 heavy (non-hydrogen) atoms. The number of amides is 1. The van der Waals surface area contributed by atoms with E-state index < -0.39 is 0 Å². The molecule has 0 aliphatic carbocycles. The summed E-state index contributed by atoms with van der Waals surface area (Å²) in [5.41, 5.74) is 4.55. The van der Waals surface area contributed by atoms with Gasteiger partial charge in [-0.1, -0.05) is 45.0 Å². The lowest BCUT2D eigenvalue weighted by molar-refractivity contribution is 0.0791. The molecule has 0 radical (unpaired) electrons. The van der Waals surface area contributed by atoms with Crippen molar-refractivity contribution in [3.63, 3.8) is 0 Å². The Balaban J connectivity index is 1.92. The molecule has 3 heteroatoms. The molecule has 0 aromatic heterocycles. The maximum Gasteiger partial charge on any atom is 0.253 e. The lowest BCUT2D eigenvalue weighted by atomic mass is 9.97. The van der Waals surface area contributed by atoms with Gasteiger partial charge >= 0.3 is 0 Å². The van der Waals surface area contributed by atoms with Gasteiger partial charge in [0.25, 0.3) is 5.91 Å². The topological polar surface area (TPSA) is 23.6 Å². The Labute approximate surface area is 158 Å². The number of nitrogens with zero attached hydrogens (tertiary/aromatic N) is 2. The van der Waals surface area contributed by atoms with Crippen molar-refractivity contribution in [3.8, 4) is 0 Å². The average molecular weight is 353 g/mol. The molecule has 0 aliphatic rings. The van der Waals surface area contributed by atoms with Crippen LogP contribution in [-0.2, 0) is 0 Å². The van der Waals surface area contributed by atoms with Gasteiger partial charge in [0.2, 0.25) is 0 Å². The van der Waals surface area contributed by atoms with E-state index in [9.17, 15) is 4.79 Å². The Hall–Kier alpha value is -2.29. The number of carbonyl (C=O) groups excluding carboxylic acids is 1. The quantitative estimate of drug-likeness (QED) is 0.689. The van der Waals surface area contributed by atoms with E-state index in [-0.39, 0.29) is 5.91 Å². The van der Waals surface area contributed by atoms with E-state index in [0.29, 0.717) is 11.8 Å². The third kappa shape index (κ3) is 5.10. The third-order valence-electron chi connectivity index (χ3n) is 5.05. The lowest BCUT2D eigenvalue weighted by Crippen LogP contribution is -2.28. The second-order valence-electron chi connectivity index (χ2n) is 7.68. The minimum Gasteiger partial charge on any atom is -0.378 e. The van der Waals surface area contributed by atoms with Crippen molar-refractivity contribution in [2.24, 2.45) is 0 Å². The number of carbonyl (C=O) groups is 1. The van der Waals surface area contributed by atoms with Crippen LogP contribution in [-0.4, -0.2) is 38.5 Å². The van der Waals surface area contributed by atoms with Crippen LogP contribution in [0.4, 0.5) is 5.69 Å². The Morgan fingerprint density at radius 3 is 1.88 bits per heavy atom. The van der Waals surface area contributed by atoms with E-state index in [4.69, 9.17) is 0 Å². The van der Waals surface area contributed by atoms with Crippen LogP contribution in [0.15, 0.2) is 48.5 Å². The normalized spacial score (nSPS) is 12.1. The highest BCUT2D eigenvalue weighted by atomic mass is 16.2. The predicted octanol–water partition coefficient (Wildman–Crippen LogP) is 5.14. The molecule has 3 nitrogen and oxygen atoms in total. The third-order valence-corrected chi connectivity index (χ3v) is 5.05. The monoisotopic (exact) mass is 352 g/mol. The van der Waals surface area contributed by atoms with E-state index >= 15 is 0 Å². The summed E-state index contributed by atoms with van der Waals surface area (Å²) in [5, 5.41) is 0. The van der Waals surface area contributed by atoms with E-state index in [0.717, 1.165) is 18.5 Å². The van der Waals surface area contributed by atoms with Crippen LogP contribution in [0.5, 0.6) is 0 Å². The Morgan fingerprint density at radius 2 is 1.38 bits per heavy atom. The summed E-state index contributed by atoms with van der Waals surface area (Å²) in [6.45, 7) is 7.30. The fraction of sp³-hybridized carbons (Fsp3) is 0.435. The first kappa shape index (κ1) is 20.0. The number of hydrogen-bond donors (Lipinski definition) is 0. The molecular formula is C23H32N2O. The second kappa shape index (κ2) is 8.88. The van der Waals surface area contributed by atoms with Crippen LogP contribution in [0.1, 0.15) is 60.5 Å². The van der Waals surface area contributed by atoms with E-state index in [2.05, 4.69) is 62.1 Å². The van der Waals surface area contributed by atoms with Gasteiger partial charge in [-0.2, -0.15) is 0 Å². The molecule has 2 rings (SSSR count). The summed E-state index contributed by atoms with van der Waals surface area (Å²) in [5.74, 6) is 0.997. The first-order valence-electron chi connectivity index (χ1n) is 9.42. The van der Waals surface area contributed by atoms with Gasteiger partial charge in [0.05, 0.1) is 0 Å². The summed E-state index contributed by atoms with van der Waals surface area (Å²) >= 11 is 0. The van der Waals surface area contributed by atoms with Crippen molar-refractivity contribution in [3.05, 3.63) is 65.2 Å². The molecule has 0 bridgehead atoms. The molecule has 1 amide bonds. The minimum atomic E-state index is 0.0930. The van der Waals surface area contributed by atoms with Crippen LogP contribution in [0, 0.1) is 0 Å². The van der Waals surface area contributed by atoms with Gasteiger partial charge < -0.3 is 9.80 Å². The molecule has 1 unspecified atom stereocenters. The van der Waals surface area contributed by atoms with Gasteiger partial charge in [-0.15, -0.1) is 0 Å². The highest BCUT2D eigenvalue weighted by Gasteiger charge is 2.14. The van der Waals surface area contributed by atoms with Crippen molar-refractivity contribution in [1.29, 1.82) is 0 Å². The molecule has 0 heterocycles. The van der Waals surface area contributed by atoms with E-state index in [1.165, 1.54) is 16.8 Å². The number of anilines is 1. The summed E-state index contributed by atoms with van der Waals surface area (Å²) in [6, 6.07) is 16.7. The first-order chi connectivity index (χ1) is 12.3. The summed E-state index contributed by atoms with van der Waals surface area (Å²) < 4.78 is 0. The zero-order valence-corrected chi connectivity index (χ0v) is 17.0. The predicted molar refractivity (Wildman–Crippen MR) is 111 cm³/mol. The van der Waals surface area contributed by atoms with E-state index in [1.807, 2.05) is 38.2 Å². The minimum absolute atomic E-state index is 0.0930. The van der Waals surface area contributed by atoms with Crippen molar-refractivity contribution in [1.82, 2.24) is 4.90 Å². The summed E-state index contributed by atoms with van der Waals surface area (Å²) in [4.78, 5) is 16.5. The molecular weight excluding hydrogens is 320 g/mol. The first-order valence-corrected chi connectivity index (χ1v) is 9.42. The highest BCUT2D eigenvalue weighted by Crippen LogP contribution is 2.22. The molecule has 0 aliphatic heterocycles. The molecule has 0 fully saturated rings. The van der Waals surface area contributed by atoms with Crippen LogP contribution in [0.2, 0.25) is 0 Å². The SMILES string of the molecule is CC(C)c1ccc(C(=O)N(C)CCC(C)c2ccc(N(C)C)cc2)cc1. The van der Waals surface area contributed by atoms with Crippen molar-refractivity contribution in [2.75, 3.05) is 32.6 Å². The van der Waals surface area contributed by atoms with E-state index in [1.54, 1.807) is 0 Å². The van der Waals surface area contributed by atoms with Gasteiger partial charge in [-0.3, -0.25) is 4.79 Å². The molecule has 1 atom stereocenters. The van der Waals surface area contributed by atoms with Crippen LogP contribution in [0.25, 0.3) is 0 Å². The molecule has 140 valence electrons. The number of benzene rings is 2. The van der Waals surface area contributed by atoms with Crippen LogP contribution < -0.4 is 4.90 Å². The van der Waals surface area contributed by atoms with Crippen molar-refractivity contribution in [2.45, 2.75) is 39.0 Å². The summed E-state index contributed by atoms with van der Waals surface area (Å²) in [6.07, 6.45) is 0.952. The van der Waals surface area contributed by atoms with Gasteiger partial charge in [0.1, 0.15) is 0 Å². The smallest absolute Gasteiger partial charge is 0.253 e. The van der Waals surface area contributed by atoms with Crippen molar-refractivity contribution >= 4 is 11.6 Å². The lowest BCUT2D eigenvalue weighted by Gasteiger charge is -2.21. The Bertz CT molecular complexity index is 702. The van der Waals surface area contributed by atoms with Gasteiger partial charge in [0, 0.05) is 38.9 Å². The number of hydrogen-bond acceptors (Lipinski definition) is 2. The van der Waals surface area contributed by atoms with Gasteiger partial charge in [-0.05, 0) is 53.6 Å². The fourth-order valence-corrected chi connectivity index (χ4v) is 2.99. The summed E-state index contributed by atoms with van der Waals surface area (Å²) in [7, 11) is 5.99. The molecule has 0 saturated carbocycles. The standard InChI is InChI=1S/C23H32N2O/c1-17(2)19-7-9-21(10-8-19)23(26)25(6)16-15-18(3)20-11-13-22(14-12-20)24(4)5/h7-14,17-18H,15-16H2,1-6H3. The van der Waals surface area contributed by atoms with Crippen LogP contribution in [0.3, 0.4) is 0 Å². The fourth-order valence-electron chi connectivity index (χ4n) is 2.99. The molecule has 2 aromatic rings. The van der Waals surface area contributed by atoms with Gasteiger partial charge in [-0.25, -0.2) is 0 Å². The van der Waals surface area contributed by atoms with Crippen LogP contribution >= 0.6 is 0 Å². The maximum absolute atomic E-state index is 12.6. The Morgan fingerprint density at radius 1 is 0.846 bits per heavy atom. The zero-order valence-electron chi connectivity index (χ0n) is 17.0. The highest BCUT2D eigenvalue weighted by molar-refractivity contribution is 5.94. The molecule has 0 N–H and O–H groups in total.